The van der Waals surface area contributed by atoms with Crippen molar-refractivity contribution in [2.75, 3.05) is 13.9 Å². The van der Waals surface area contributed by atoms with E-state index in [1.54, 1.807) is 12.1 Å². The third-order valence-corrected chi connectivity index (χ3v) is 4.50. The van der Waals surface area contributed by atoms with Crippen LogP contribution in [0.25, 0.3) is 6.08 Å². The number of fused-ring (bicyclic) bond motifs is 1. The predicted octanol–water partition coefficient (Wildman–Crippen LogP) is 3.37. The molecule has 0 N–H and O–H groups in total. The summed E-state index contributed by atoms with van der Waals surface area (Å²) in [6.45, 7) is 7.65. The van der Waals surface area contributed by atoms with Crippen LogP contribution in [0.3, 0.4) is 0 Å². The van der Waals surface area contributed by atoms with Crippen LogP contribution in [0.1, 0.15) is 33.3 Å². The molecule has 2 aliphatic heterocycles. The van der Waals surface area contributed by atoms with Crippen molar-refractivity contribution in [2.24, 2.45) is 0 Å². The van der Waals surface area contributed by atoms with Crippen molar-refractivity contribution in [1.82, 2.24) is 0 Å². The number of benzene rings is 1. The summed E-state index contributed by atoms with van der Waals surface area (Å²) >= 11 is 0. The molecule has 0 aliphatic carbocycles. The Labute approximate surface area is 135 Å². The topological polar surface area (TPSA) is 46.2 Å². The van der Waals surface area contributed by atoms with E-state index >= 15 is 0 Å². The van der Waals surface area contributed by atoms with Gasteiger partial charge in [-0.25, -0.2) is 4.39 Å². The van der Waals surface area contributed by atoms with E-state index in [4.69, 9.17) is 23.5 Å². The monoisotopic (exact) mass is 322 g/mol. The van der Waals surface area contributed by atoms with Gasteiger partial charge in [-0.2, -0.15) is 0 Å². The van der Waals surface area contributed by atoms with Crippen LogP contribution in [0, 0.1) is 0 Å². The van der Waals surface area contributed by atoms with Gasteiger partial charge in [0, 0.05) is 11.6 Å². The largest absolute Gasteiger partial charge is 0.525 e. The fraction of sp³-hybridized carbons (Fsp3) is 0.500. The van der Waals surface area contributed by atoms with Crippen molar-refractivity contribution in [3.63, 3.8) is 0 Å². The van der Waals surface area contributed by atoms with Gasteiger partial charge in [-0.15, -0.1) is 0 Å². The summed E-state index contributed by atoms with van der Waals surface area (Å²) in [4.78, 5) is 0. The minimum absolute atomic E-state index is 0.144. The number of hydrogen-bond acceptors (Lipinski definition) is 5. The van der Waals surface area contributed by atoms with Crippen LogP contribution < -0.4 is 14.2 Å². The summed E-state index contributed by atoms with van der Waals surface area (Å²) in [6.07, 6.45) is 1.34. The minimum atomic E-state index is -1.05. The van der Waals surface area contributed by atoms with Gasteiger partial charge in [-0.05, 0) is 39.8 Å². The molecule has 1 fully saturated rings. The van der Waals surface area contributed by atoms with Crippen molar-refractivity contribution >= 4 is 13.2 Å². The van der Waals surface area contributed by atoms with Crippen molar-refractivity contribution in [3.05, 3.63) is 23.4 Å². The average Bonchev–Trinajstić information content (AvgIpc) is 2.99. The van der Waals surface area contributed by atoms with E-state index in [0.717, 1.165) is 0 Å². The molecule has 1 aromatic carbocycles. The summed E-state index contributed by atoms with van der Waals surface area (Å²) in [5, 5.41) is 0. The molecule has 3 rings (SSSR count). The predicted molar refractivity (Wildman–Crippen MR) is 84.3 cm³/mol. The standard InChI is InChI=1S/C16H20BFO5/c1-15(2)16(3,4)23-17(22-15)14(18)7-10-6-12-13(21-9-20-12)8-11(10)19-5/h6-8H,9H2,1-5H3. The molecule has 0 saturated carbocycles. The number of rotatable bonds is 3. The zero-order valence-electron chi connectivity index (χ0n) is 13.9. The van der Waals surface area contributed by atoms with Crippen LogP contribution in [0.15, 0.2) is 17.9 Å². The highest BCUT2D eigenvalue weighted by atomic mass is 19.1. The van der Waals surface area contributed by atoms with Crippen molar-refractivity contribution < 1.29 is 27.9 Å². The summed E-state index contributed by atoms with van der Waals surface area (Å²) in [5.74, 6) is 1.62. The number of halogens is 1. The summed E-state index contributed by atoms with van der Waals surface area (Å²) in [5.41, 5.74) is -1.19. The normalized spacial score (nSPS) is 21.7. The molecule has 124 valence electrons. The van der Waals surface area contributed by atoms with Crippen LogP contribution in [0.4, 0.5) is 4.39 Å². The van der Waals surface area contributed by atoms with Crippen molar-refractivity contribution in [2.45, 2.75) is 38.9 Å². The maximum Gasteiger partial charge on any atom is 0.525 e. The Bertz CT molecular complexity index is 640. The molecule has 0 radical (unpaired) electrons. The van der Waals surface area contributed by atoms with Gasteiger partial charge in [0.25, 0.3) is 0 Å². The summed E-state index contributed by atoms with van der Waals surface area (Å²) in [7, 11) is 0.469. The van der Waals surface area contributed by atoms with Crippen LogP contribution in [0.5, 0.6) is 17.2 Å². The Balaban J connectivity index is 1.90. The molecule has 23 heavy (non-hydrogen) atoms. The lowest BCUT2D eigenvalue weighted by Gasteiger charge is -2.32. The van der Waals surface area contributed by atoms with E-state index < -0.39 is 24.0 Å². The molecule has 2 aliphatic rings. The molecule has 0 aromatic heterocycles. The molecule has 2 heterocycles. The van der Waals surface area contributed by atoms with Gasteiger partial charge in [-0.3, -0.25) is 0 Å². The zero-order valence-corrected chi connectivity index (χ0v) is 13.9. The third kappa shape index (κ3) is 2.79. The quantitative estimate of drug-likeness (QED) is 0.799. The first-order valence-electron chi connectivity index (χ1n) is 7.44. The molecule has 7 heteroatoms. The van der Waals surface area contributed by atoms with Gasteiger partial charge >= 0.3 is 7.12 Å². The Kier molecular flexibility index (Phi) is 3.81. The first kappa shape index (κ1) is 16.1. The fourth-order valence-corrected chi connectivity index (χ4v) is 2.40. The van der Waals surface area contributed by atoms with Crippen LogP contribution in [-0.2, 0) is 9.31 Å². The highest BCUT2D eigenvalue weighted by Gasteiger charge is 2.53. The Morgan fingerprint density at radius 3 is 2.26 bits per heavy atom. The summed E-state index contributed by atoms with van der Waals surface area (Å²) < 4.78 is 41.9. The van der Waals surface area contributed by atoms with Gasteiger partial charge in [0.15, 0.2) is 11.5 Å². The lowest BCUT2D eigenvalue weighted by atomic mass is 9.86. The Morgan fingerprint density at radius 2 is 1.70 bits per heavy atom. The maximum atomic E-state index is 14.6. The fourth-order valence-electron chi connectivity index (χ4n) is 2.40. The SMILES string of the molecule is COc1cc2c(cc1C=C(F)B1OC(C)(C)C(C)(C)O1)OCO2. The lowest BCUT2D eigenvalue weighted by molar-refractivity contribution is 0.00578. The molecule has 0 unspecified atom stereocenters. The van der Waals surface area contributed by atoms with E-state index in [0.29, 0.717) is 22.8 Å². The van der Waals surface area contributed by atoms with Crippen LogP contribution >= 0.6 is 0 Å². The lowest BCUT2D eigenvalue weighted by Crippen LogP contribution is -2.41. The van der Waals surface area contributed by atoms with Gasteiger partial charge in [0.1, 0.15) is 11.5 Å². The number of hydrogen-bond donors (Lipinski definition) is 0. The zero-order chi connectivity index (χ0) is 16.8. The maximum absolute atomic E-state index is 14.6. The van der Waals surface area contributed by atoms with E-state index in [-0.39, 0.29) is 6.79 Å². The second-order valence-corrected chi connectivity index (χ2v) is 6.56. The minimum Gasteiger partial charge on any atom is -0.496 e. The van der Waals surface area contributed by atoms with E-state index in [1.807, 2.05) is 27.7 Å². The van der Waals surface area contributed by atoms with Gasteiger partial charge < -0.3 is 23.5 Å². The van der Waals surface area contributed by atoms with Crippen molar-refractivity contribution in [3.8, 4) is 17.2 Å². The molecular weight excluding hydrogens is 302 g/mol. The molecule has 1 saturated heterocycles. The molecule has 0 amide bonds. The van der Waals surface area contributed by atoms with Gasteiger partial charge in [0.2, 0.25) is 6.79 Å². The average molecular weight is 322 g/mol. The third-order valence-electron chi connectivity index (χ3n) is 4.50. The number of methoxy groups -OCH3 is 1. The van der Waals surface area contributed by atoms with Gasteiger partial charge in [0.05, 0.1) is 18.3 Å². The molecule has 5 nitrogen and oxygen atoms in total. The Hall–Kier alpha value is -1.73. The first-order valence-corrected chi connectivity index (χ1v) is 7.44. The highest BCUT2D eigenvalue weighted by molar-refractivity contribution is 6.54. The highest BCUT2D eigenvalue weighted by Crippen LogP contribution is 2.41. The Morgan fingerprint density at radius 1 is 1.13 bits per heavy atom. The van der Waals surface area contributed by atoms with E-state index in [9.17, 15) is 4.39 Å². The van der Waals surface area contributed by atoms with Crippen LogP contribution in [0.2, 0.25) is 0 Å². The molecule has 1 aromatic rings. The number of ether oxygens (including phenoxy) is 3. The van der Waals surface area contributed by atoms with Crippen molar-refractivity contribution in [1.29, 1.82) is 0 Å². The molecular formula is C16H20BFO5. The van der Waals surface area contributed by atoms with E-state index in [2.05, 4.69) is 0 Å². The molecule has 0 spiro atoms. The van der Waals surface area contributed by atoms with Gasteiger partial charge in [-0.1, -0.05) is 0 Å². The summed E-state index contributed by atoms with van der Waals surface area (Å²) in [6, 6.07) is 3.34. The molecule has 0 atom stereocenters. The second kappa shape index (κ2) is 5.42. The van der Waals surface area contributed by atoms with E-state index in [1.165, 1.54) is 13.2 Å². The second-order valence-electron chi connectivity index (χ2n) is 6.56. The smallest absolute Gasteiger partial charge is 0.496 e. The molecule has 0 bridgehead atoms. The first-order chi connectivity index (χ1) is 10.7. The van der Waals surface area contributed by atoms with Crippen LogP contribution in [-0.4, -0.2) is 32.2 Å².